The highest BCUT2D eigenvalue weighted by atomic mass is 127. The van der Waals surface area contributed by atoms with Gasteiger partial charge in [0.2, 0.25) is 0 Å². The van der Waals surface area contributed by atoms with Gasteiger partial charge in [0.15, 0.2) is 15.8 Å². The lowest BCUT2D eigenvalue weighted by molar-refractivity contribution is -0.00803. The quantitative estimate of drug-likeness (QED) is 0.339. The Labute approximate surface area is 195 Å². The van der Waals surface area contributed by atoms with Crippen molar-refractivity contribution in [3.63, 3.8) is 0 Å². The summed E-state index contributed by atoms with van der Waals surface area (Å²) in [7, 11) is -1.26. The largest absolute Gasteiger partial charge is 0.370 e. The fourth-order valence-electron chi connectivity index (χ4n) is 3.27. The second-order valence-electron chi connectivity index (χ2n) is 7.15. The molecule has 30 heavy (non-hydrogen) atoms. The highest BCUT2D eigenvalue weighted by molar-refractivity contribution is 14.0. The summed E-state index contributed by atoms with van der Waals surface area (Å²) in [6, 6.07) is 7.01. The Morgan fingerprint density at radius 2 is 2.07 bits per heavy atom. The summed E-state index contributed by atoms with van der Waals surface area (Å²) >= 11 is 0. The molecule has 1 fully saturated rings. The second kappa shape index (κ2) is 11.1. The van der Waals surface area contributed by atoms with Crippen LogP contribution in [0.5, 0.6) is 0 Å². The number of aryl methyl sites for hydroxylation is 1. The predicted molar refractivity (Wildman–Crippen MR) is 128 cm³/mol. The van der Waals surface area contributed by atoms with Gasteiger partial charge in [0.25, 0.3) is 0 Å². The molecule has 0 saturated carbocycles. The van der Waals surface area contributed by atoms with Crippen LogP contribution in [0.25, 0.3) is 0 Å². The van der Waals surface area contributed by atoms with E-state index in [0.717, 1.165) is 43.1 Å². The summed E-state index contributed by atoms with van der Waals surface area (Å²) in [6.07, 6.45) is 5.77. The lowest BCUT2D eigenvalue weighted by Crippen LogP contribution is -2.48. The summed E-state index contributed by atoms with van der Waals surface area (Å²) in [5, 5.41) is 7.60. The maximum Gasteiger partial charge on any atom is 0.194 e. The first-order valence-corrected chi connectivity index (χ1v) is 11.7. The average Bonchev–Trinajstić information content (AvgIpc) is 3.13. The minimum Gasteiger partial charge on any atom is -0.370 e. The molecule has 1 aromatic heterocycles. The summed E-state index contributed by atoms with van der Waals surface area (Å²) in [5.74, 6) is 0.873. The summed E-state index contributed by atoms with van der Waals surface area (Å²) in [5.41, 5.74) is 2.13. The van der Waals surface area contributed by atoms with Gasteiger partial charge in [-0.2, -0.15) is 5.10 Å². The first-order chi connectivity index (χ1) is 13.9. The standard InChI is InChI=1S/C20H29N5O3S.HI/c1-4-21-20(22-10-9-16-5-7-18(8-6-16)29(3,26)27)25-11-12-28-19(15-25)17-13-23-24(2)14-17;/h5-8,13-14,19H,4,9-12,15H2,1-3H3,(H,21,22);1H. The van der Waals surface area contributed by atoms with Gasteiger partial charge in [-0.05, 0) is 31.0 Å². The number of aromatic nitrogens is 2. The normalized spacial score (nSPS) is 17.5. The molecule has 0 spiro atoms. The van der Waals surface area contributed by atoms with E-state index in [1.807, 2.05) is 31.6 Å². The van der Waals surface area contributed by atoms with Crippen molar-refractivity contribution in [2.24, 2.45) is 12.0 Å². The molecular weight excluding hydrogens is 517 g/mol. The van der Waals surface area contributed by atoms with Crippen LogP contribution >= 0.6 is 24.0 Å². The first kappa shape index (κ1) is 24.6. The topological polar surface area (TPSA) is 88.8 Å². The highest BCUT2D eigenvalue weighted by Crippen LogP contribution is 2.21. The second-order valence-corrected chi connectivity index (χ2v) is 9.17. The number of guanidine groups is 1. The Hall–Kier alpha value is -1.66. The molecule has 166 valence electrons. The van der Waals surface area contributed by atoms with Crippen molar-refractivity contribution in [2.45, 2.75) is 24.3 Å². The van der Waals surface area contributed by atoms with Gasteiger partial charge in [-0.1, -0.05) is 12.1 Å². The molecule has 1 aliphatic rings. The van der Waals surface area contributed by atoms with Crippen LogP contribution in [0.2, 0.25) is 0 Å². The number of halogens is 1. The van der Waals surface area contributed by atoms with Crippen LogP contribution in [0.3, 0.4) is 0 Å². The number of benzene rings is 1. The molecule has 1 saturated heterocycles. The van der Waals surface area contributed by atoms with Crippen molar-refractivity contribution in [3.05, 3.63) is 47.8 Å². The minimum absolute atomic E-state index is 0. The number of nitrogens with one attached hydrogen (secondary N) is 1. The van der Waals surface area contributed by atoms with E-state index in [1.54, 1.807) is 16.8 Å². The number of hydrogen-bond donors (Lipinski definition) is 1. The summed E-state index contributed by atoms with van der Waals surface area (Å²) < 4.78 is 30.9. The average molecular weight is 547 g/mol. The van der Waals surface area contributed by atoms with Gasteiger partial charge in [0, 0.05) is 44.7 Å². The zero-order valence-corrected chi connectivity index (χ0v) is 20.8. The van der Waals surface area contributed by atoms with E-state index in [4.69, 9.17) is 9.73 Å². The third kappa shape index (κ3) is 6.67. The van der Waals surface area contributed by atoms with E-state index >= 15 is 0 Å². The Balaban J connectivity index is 0.00000320. The molecule has 3 rings (SSSR count). The van der Waals surface area contributed by atoms with Crippen molar-refractivity contribution in [1.82, 2.24) is 20.0 Å². The van der Waals surface area contributed by atoms with E-state index in [-0.39, 0.29) is 30.1 Å². The van der Waals surface area contributed by atoms with Crippen LogP contribution in [0.15, 0.2) is 46.5 Å². The molecule has 1 atom stereocenters. The fourth-order valence-corrected chi connectivity index (χ4v) is 3.90. The van der Waals surface area contributed by atoms with Crippen molar-refractivity contribution in [3.8, 4) is 0 Å². The molecule has 2 aromatic rings. The monoisotopic (exact) mass is 547 g/mol. The van der Waals surface area contributed by atoms with Crippen molar-refractivity contribution in [2.75, 3.05) is 39.0 Å². The molecule has 0 aliphatic carbocycles. The van der Waals surface area contributed by atoms with Crippen LogP contribution in [-0.2, 0) is 28.0 Å². The third-order valence-electron chi connectivity index (χ3n) is 4.81. The zero-order valence-electron chi connectivity index (χ0n) is 17.6. The number of rotatable bonds is 6. The van der Waals surface area contributed by atoms with E-state index in [0.29, 0.717) is 18.0 Å². The Kier molecular flexibility index (Phi) is 9.10. The molecule has 0 amide bonds. The van der Waals surface area contributed by atoms with Crippen LogP contribution in [0, 0.1) is 0 Å². The molecule has 1 unspecified atom stereocenters. The van der Waals surface area contributed by atoms with Crippen molar-refractivity contribution < 1.29 is 13.2 Å². The van der Waals surface area contributed by atoms with E-state index in [2.05, 4.69) is 22.2 Å². The molecule has 1 aliphatic heterocycles. The predicted octanol–water partition coefficient (Wildman–Crippen LogP) is 2.02. The van der Waals surface area contributed by atoms with Crippen molar-refractivity contribution >= 4 is 39.8 Å². The van der Waals surface area contributed by atoms with Crippen LogP contribution in [0.4, 0.5) is 0 Å². The molecule has 1 aromatic carbocycles. The van der Waals surface area contributed by atoms with E-state index in [9.17, 15) is 8.42 Å². The molecule has 8 nitrogen and oxygen atoms in total. The number of ether oxygens (including phenoxy) is 1. The smallest absolute Gasteiger partial charge is 0.194 e. The number of sulfone groups is 1. The number of nitrogens with zero attached hydrogens (tertiary/aromatic N) is 4. The van der Waals surface area contributed by atoms with Gasteiger partial charge in [-0.3, -0.25) is 9.67 Å². The number of aliphatic imine (C=N–C) groups is 1. The minimum atomic E-state index is -3.16. The summed E-state index contributed by atoms with van der Waals surface area (Å²) in [4.78, 5) is 7.33. The molecule has 10 heteroatoms. The lowest BCUT2D eigenvalue weighted by atomic mass is 10.1. The first-order valence-electron chi connectivity index (χ1n) is 9.79. The number of morpholine rings is 1. The maximum absolute atomic E-state index is 11.6. The van der Waals surface area contributed by atoms with Crippen LogP contribution in [-0.4, -0.2) is 68.1 Å². The Morgan fingerprint density at radius 1 is 1.33 bits per heavy atom. The lowest BCUT2D eigenvalue weighted by Gasteiger charge is -2.34. The van der Waals surface area contributed by atoms with E-state index < -0.39 is 9.84 Å². The van der Waals surface area contributed by atoms with Gasteiger partial charge < -0.3 is 15.0 Å². The fraction of sp³-hybridized carbons (Fsp3) is 0.500. The van der Waals surface area contributed by atoms with Gasteiger partial charge in [-0.15, -0.1) is 24.0 Å². The molecule has 2 heterocycles. The van der Waals surface area contributed by atoms with Gasteiger partial charge in [0.05, 0.1) is 24.2 Å². The molecular formula is C20H30IN5O3S. The summed E-state index contributed by atoms with van der Waals surface area (Å²) in [6.45, 7) is 5.61. The van der Waals surface area contributed by atoms with Crippen LogP contribution in [0.1, 0.15) is 24.2 Å². The molecule has 0 radical (unpaired) electrons. The van der Waals surface area contributed by atoms with E-state index in [1.165, 1.54) is 6.26 Å². The van der Waals surface area contributed by atoms with Gasteiger partial charge in [-0.25, -0.2) is 8.42 Å². The molecule has 0 bridgehead atoms. The molecule has 1 N–H and O–H groups in total. The van der Waals surface area contributed by atoms with Gasteiger partial charge in [0.1, 0.15) is 6.10 Å². The zero-order chi connectivity index (χ0) is 20.9. The Morgan fingerprint density at radius 3 is 2.67 bits per heavy atom. The van der Waals surface area contributed by atoms with Gasteiger partial charge >= 0.3 is 0 Å². The van der Waals surface area contributed by atoms with Crippen LogP contribution < -0.4 is 5.32 Å². The number of hydrogen-bond acceptors (Lipinski definition) is 5. The van der Waals surface area contributed by atoms with Crippen molar-refractivity contribution in [1.29, 1.82) is 0 Å². The highest BCUT2D eigenvalue weighted by Gasteiger charge is 2.25. The Bertz CT molecular complexity index is 944. The third-order valence-corrected chi connectivity index (χ3v) is 5.94. The maximum atomic E-state index is 11.6. The SMILES string of the molecule is CCNC(=NCCc1ccc(S(C)(=O)=O)cc1)N1CCOC(c2cnn(C)c2)C1.I.